The third-order valence-electron chi connectivity index (χ3n) is 4.43. The number of fused-ring (bicyclic) bond motifs is 1. The standard InChI is InChI=1S/C15H24/c1-10(2)13-8-6-12(4)14-7-5-11(3)9-15(13)14/h9-10,12-14H,3,5-8H2,1-2,4H3/t12-,13+,14-/m0/s1. The molecule has 1 saturated carbocycles. The monoisotopic (exact) mass is 204 g/mol. The van der Waals surface area contributed by atoms with Crippen molar-refractivity contribution in [3.63, 3.8) is 0 Å². The summed E-state index contributed by atoms with van der Waals surface area (Å²) in [5.41, 5.74) is 3.10. The van der Waals surface area contributed by atoms with Gasteiger partial charge in [-0.05, 0) is 49.4 Å². The number of allylic oxidation sites excluding steroid dienone is 3. The van der Waals surface area contributed by atoms with E-state index in [1.54, 1.807) is 5.57 Å². The zero-order valence-corrected chi connectivity index (χ0v) is 10.4. The molecule has 3 atom stereocenters. The predicted octanol–water partition coefficient (Wildman–Crippen LogP) is 4.58. The summed E-state index contributed by atoms with van der Waals surface area (Å²) in [5, 5.41) is 0. The van der Waals surface area contributed by atoms with Gasteiger partial charge in [-0.15, -0.1) is 0 Å². The van der Waals surface area contributed by atoms with Gasteiger partial charge in [-0.1, -0.05) is 44.6 Å². The van der Waals surface area contributed by atoms with Crippen LogP contribution in [0, 0.1) is 23.7 Å². The molecular weight excluding hydrogens is 180 g/mol. The summed E-state index contributed by atoms with van der Waals surface area (Å²) >= 11 is 0. The summed E-state index contributed by atoms with van der Waals surface area (Å²) < 4.78 is 0. The molecule has 0 bridgehead atoms. The van der Waals surface area contributed by atoms with Crippen LogP contribution in [0.2, 0.25) is 0 Å². The van der Waals surface area contributed by atoms with Gasteiger partial charge in [-0.3, -0.25) is 0 Å². The van der Waals surface area contributed by atoms with Gasteiger partial charge in [-0.25, -0.2) is 0 Å². The van der Waals surface area contributed by atoms with Gasteiger partial charge in [0.25, 0.3) is 0 Å². The van der Waals surface area contributed by atoms with Crippen molar-refractivity contribution in [1.82, 2.24) is 0 Å². The van der Waals surface area contributed by atoms with Crippen molar-refractivity contribution in [2.24, 2.45) is 23.7 Å². The van der Waals surface area contributed by atoms with E-state index < -0.39 is 0 Å². The Hall–Kier alpha value is -0.520. The summed E-state index contributed by atoms with van der Waals surface area (Å²) in [5.74, 6) is 3.41. The molecule has 0 nitrogen and oxygen atoms in total. The summed E-state index contributed by atoms with van der Waals surface area (Å²) in [6.45, 7) is 11.3. The highest BCUT2D eigenvalue weighted by Gasteiger charge is 2.35. The van der Waals surface area contributed by atoms with Gasteiger partial charge in [0.05, 0.1) is 0 Å². The second-order valence-corrected chi connectivity index (χ2v) is 5.85. The maximum Gasteiger partial charge on any atom is -0.0168 e. The van der Waals surface area contributed by atoms with E-state index in [1.807, 2.05) is 0 Å². The van der Waals surface area contributed by atoms with Crippen LogP contribution < -0.4 is 0 Å². The average molecular weight is 204 g/mol. The molecule has 0 radical (unpaired) electrons. The minimum atomic E-state index is 0.803. The lowest BCUT2D eigenvalue weighted by molar-refractivity contribution is 0.224. The van der Waals surface area contributed by atoms with Crippen LogP contribution in [0.25, 0.3) is 0 Å². The summed E-state index contributed by atoms with van der Waals surface area (Å²) in [6.07, 6.45) is 7.83. The van der Waals surface area contributed by atoms with Gasteiger partial charge < -0.3 is 0 Å². The molecule has 0 saturated heterocycles. The molecule has 0 heterocycles. The third kappa shape index (κ3) is 2.04. The Kier molecular flexibility index (Phi) is 3.04. The summed E-state index contributed by atoms with van der Waals surface area (Å²) in [6, 6.07) is 0. The van der Waals surface area contributed by atoms with Gasteiger partial charge in [0.1, 0.15) is 0 Å². The van der Waals surface area contributed by atoms with E-state index in [0.29, 0.717) is 0 Å². The first-order valence-electron chi connectivity index (χ1n) is 6.49. The van der Waals surface area contributed by atoms with Crippen LogP contribution in [0.4, 0.5) is 0 Å². The average Bonchev–Trinajstić information content (AvgIpc) is 2.17. The number of rotatable bonds is 1. The number of hydrogen-bond acceptors (Lipinski definition) is 0. The molecule has 2 aliphatic rings. The first-order chi connectivity index (χ1) is 7.09. The predicted molar refractivity (Wildman–Crippen MR) is 66.7 cm³/mol. The molecule has 15 heavy (non-hydrogen) atoms. The molecule has 0 N–H and O–H groups in total. The Bertz CT molecular complexity index is 282. The fourth-order valence-electron chi connectivity index (χ4n) is 3.45. The van der Waals surface area contributed by atoms with E-state index in [2.05, 4.69) is 33.4 Å². The van der Waals surface area contributed by atoms with E-state index in [9.17, 15) is 0 Å². The van der Waals surface area contributed by atoms with E-state index >= 15 is 0 Å². The van der Waals surface area contributed by atoms with Gasteiger partial charge in [0, 0.05) is 0 Å². The minimum Gasteiger partial charge on any atom is -0.0958 e. The fourth-order valence-corrected chi connectivity index (χ4v) is 3.45. The van der Waals surface area contributed by atoms with Crippen molar-refractivity contribution >= 4 is 0 Å². The van der Waals surface area contributed by atoms with Crippen molar-refractivity contribution in [2.75, 3.05) is 0 Å². The Labute approximate surface area is 94.5 Å². The summed E-state index contributed by atoms with van der Waals surface area (Å²) in [4.78, 5) is 0. The maximum atomic E-state index is 4.15. The van der Waals surface area contributed by atoms with Crippen LogP contribution in [-0.4, -0.2) is 0 Å². The molecule has 0 aliphatic heterocycles. The molecule has 2 aliphatic carbocycles. The highest BCUT2D eigenvalue weighted by atomic mass is 14.4. The largest absolute Gasteiger partial charge is 0.0958 e. The van der Waals surface area contributed by atoms with Crippen LogP contribution in [0.1, 0.15) is 46.5 Å². The van der Waals surface area contributed by atoms with Gasteiger partial charge in [0.2, 0.25) is 0 Å². The third-order valence-corrected chi connectivity index (χ3v) is 4.43. The van der Waals surface area contributed by atoms with Crippen molar-refractivity contribution in [1.29, 1.82) is 0 Å². The maximum absolute atomic E-state index is 4.15. The Morgan fingerprint density at radius 2 is 2.00 bits per heavy atom. The molecule has 0 aromatic carbocycles. The highest BCUT2D eigenvalue weighted by molar-refractivity contribution is 5.30. The van der Waals surface area contributed by atoms with Gasteiger partial charge in [-0.2, -0.15) is 0 Å². The van der Waals surface area contributed by atoms with Crippen molar-refractivity contribution in [2.45, 2.75) is 46.5 Å². The molecule has 0 heteroatoms. The molecule has 0 amide bonds. The Balaban J connectivity index is 2.27. The molecule has 0 unspecified atom stereocenters. The lowest BCUT2D eigenvalue weighted by Crippen LogP contribution is -2.30. The lowest BCUT2D eigenvalue weighted by Gasteiger charge is -2.41. The van der Waals surface area contributed by atoms with E-state index in [4.69, 9.17) is 0 Å². The molecule has 0 aromatic rings. The summed E-state index contributed by atoms with van der Waals surface area (Å²) in [7, 11) is 0. The highest BCUT2D eigenvalue weighted by Crippen LogP contribution is 2.46. The second-order valence-electron chi connectivity index (χ2n) is 5.85. The number of hydrogen-bond donors (Lipinski definition) is 0. The van der Waals surface area contributed by atoms with Crippen molar-refractivity contribution < 1.29 is 0 Å². The minimum absolute atomic E-state index is 0.803. The first-order valence-corrected chi connectivity index (χ1v) is 6.49. The first kappa shape index (κ1) is 11.0. The van der Waals surface area contributed by atoms with Crippen LogP contribution >= 0.6 is 0 Å². The molecule has 0 aromatic heterocycles. The Morgan fingerprint density at radius 1 is 1.27 bits per heavy atom. The van der Waals surface area contributed by atoms with Crippen molar-refractivity contribution in [3.8, 4) is 0 Å². The molecule has 84 valence electrons. The smallest absolute Gasteiger partial charge is 0.0168 e. The SMILES string of the molecule is C=C1C=C2[C@@H](CC1)[C@@H](C)CC[C@@H]2C(C)C. The van der Waals surface area contributed by atoms with E-state index in [1.165, 1.54) is 31.3 Å². The molecule has 0 spiro atoms. The topological polar surface area (TPSA) is 0 Å². The molecular formula is C15H24. The lowest BCUT2D eigenvalue weighted by atomic mass is 9.64. The fraction of sp³-hybridized carbons (Fsp3) is 0.733. The van der Waals surface area contributed by atoms with Crippen LogP contribution in [-0.2, 0) is 0 Å². The second kappa shape index (κ2) is 4.15. The van der Waals surface area contributed by atoms with Gasteiger partial charge in [0.15, 0.2) is 0 Å². The van der Waals surface area contributed by atoms with Crippen LogP contribution in [0.15, 0.2) is 23.8 Å². The van der Waals surface area contributed by atoms with Crippen LogP contribution in [0.3, 0.4) is 0 Å². The Morgan fingerprint density at radius 3 is 2.67 bits per heavy atom. The molecule has 2 rings (SSSR count). The quantitative estimate of drug-likeness (QED) is 0.586. The normalized spacial score (nSPS) is 36.4. The zero-order chi connectivity index (χ0) is 11.0. The zero-order valence-electron chi connectivity index (χ0n) is 10.4. The molecule has 1 fully saturated rings. The van der Waals surface area contributed by atoms with Crippen LogP contribution in [0.5, 0.6) is 0 Å². The van der Waals surface area contributed by atoms with Crippen molar-refractivity contribution in [3.05, 3.63) is 23.8 Å². The van der Waals surface area contributed by atoms with Gasteiger partial charge >= 0.3 is 0 Å². The van der Waals surface area contributed by atoms with E-state index in [0.717, 1.165) is 23.7 Å². The van der Waals surface area contributed by atoms with E-state index in [-0.39, 0.29) is 0 Å².